The molecule has 1 aromatic carbocycles. The van der Waals surface area contributed by atoms with E-state index in [4.69, 9.17) is 0 Å². The van der Waals surface area contributed by atoms with Crippen LogP contribution in [0, 0.1) is 6.92 Å². The molecule has 5 nitrogen and oxygen atoms in total. The van der Waals surface area contributed by atoms with Gasteiger partial charge in [0.2, 0.25) is 11.8 Å². The lowest BCUT2D eigenvalue weighted by atomic mass is 10.1. The summed E-state index contributed by atoms with van der Waals surface area (Å²) >= 11 is 0. The zero-order chi connectivity index (χ0) is 17.2. The van der Waals surface area contributed by atoms with Gasteiger partial charge in [-0.2, -0.15) is 0 Å². The standard InChI is InChI=1S/C18H25N3O2/c1-5-11-21(12-6-2)18(23)13-19-15-9-8-10-16(14(15)4)20-17(22)7-3/h5-6,8-10,19H,1-2,7,11-13H2,3-4H3,(H,20,22). The Morgan fingerprint density at radius 2 is 1.78 bits per heavy atom. The third-order valence-corrected chi connectivity index (χ3v) is 3.41. The molecule has 0 bridgehead atoms. The number of carbonyl (C=O) groups is 2. The van der Waals surface area contributed by atoms with Gasteiger partial charge in [-0.3, -0.25) is 9.59 Å². The highest BCUT2D eigenvalue weighted by Crippen LogP contribution is 2.23. The Morgan fingerprint density at radius 1 is 1.17 bits per heavy atom. The number of nitrogens with zero attached hydrogens (tertiary/aromatic N) is 1. The van der Waals surface area contributed by atoms with Crippen molar-refractivity contribution in [2.24, 2.45) is 0 Å². The minimum Gasteiger partial charge on any atom is -0.376 e. The molecule has 0 unspecified atom stereocenters. The van der Waals surface area contributed by atoms with E-state index in [9.17, 15) is 9.59 Å². The first kappa shape index (κ1) is 18.5. The van der Waals surface area contributed by atoms with E-state index in [0.29, 0.717) is 19.5 Å². The normalized spacial score (nSPS) is 9.83. The number of nitrogens with one attached hydrogen (secondary N) is 2. The highest BCUT2D eigenvalue weighted by Gasteiger charge is 2.12. The molecule has 23 heavy (non-hydrogen) atoms. The van der Waals surface area contributed by atoms with Crippen LogP contribution >= 0.6 is 0 Å². The van der Waals surface area contributed by atoms with Gasteiger partial charge in [0.25, 0.3) is 0 Å². The van der Waals surface area contributed by atoms with Gasteiger partial charge in [-0.15, -0.1) is 13.2 Å². The summed E-state index contributed by atoms with van der Waals surface area (Å²) in [6.07, 6.45) is 3.80. The number of amides is 2. The molecule has 5 heteroatoms. The molecule has 124 valence electrons. The molecule has 0 aliphatic carbocycles. The summed E-state index contributed by atoms with van der Waals surface area (Å²) in [4.78, 5) is 25.4. The number of carbonyl (C=O) groups excluding carboxylic acids is 2. The van der Waals surface area contributed by atoms with Crippen LogP contribution in [-0.2, 0) is 9.59 Å². The average Bonchev–Trinajstić information content (AvgIpc) is 2.55. The molecule has 0 radical (unpaired) electrons. The summed E-state index contributed by atoms with van der Waals surface area (Å²) in [5, 5.41) is 5.98. The van der Waals surface area contributed by atoms with Gasteiger partial charge in [-0.05, 0) is 24.6 Å². The topological polar surface area (TPSA) is 61.4 Å². The van der Waals surface area contributed by atoms with Crippen molar-refractivity contribution in [1.29, 1.82) is 0 Å². The zero-order valence-electron chi connectivity index (χ0n) is 13.9. The van der Waals surface area contributed by atoms with Gasteiger partial charge in [-0.1, -0.05) is 25.1 Å². The first-order valence-electron chi connectivity index (χ1n) is 7.66. The monoisotopic (exact) mass is 315 g/mol. The Hall–Kier alpha value is -2.56. The van der Waals surface area contributed by atoms with Crippen molar-refractivity contribution in [2.75, 3.05) is 30.3 Å². The van der Waals surface area contributed by atoms with E-state index >= 15 is 0 Å². The predicted molar refractivity (Wildman–Crippen MR) is 95.6 cm³/mol. The van der Waals surface area contributed by atoms with Crippen LogP contribution < -0.4 is 10.6 Å². The summed E-state index contributed by atoms with van der Waals surface area (Å²) < 4.78 is 0. The molecule has 1 rings (SSSR count). The van der Waals surface area contributed by atoms with Crippen molar-refractivity contribution in [1.82, 2.24) is 4.90 Å². The molecule has 0 saturated heterocycles. The van der Waals surface area contributed by atoms with E-state index in [0.717, 1.165) is 16.9 Å². The van der Waals surface area contributed by atoms with Crippen LogP contribution in [0.3, 0.4) is 0 Å². The van der Waals surface area contributed by atoms with Crippen molar-refractivity contribution in [3.8, 4) is 0 Å². The highest BCUT2D eigenvalue weighted by atomic mass is 16.2. The smallest absolute Gasteiger partial charge is 0.242 e. The molecule has 0 heterocycles. The van der Waals surface area contributed by atoms with Crippen LogP contribution in [0.15, 0.2) is 43.5 Å². The fourth-order valence-electron chi connectivity index (χ4n) is 2.07. The van der Waals surface area contributed by atoms with Gasteiger partial charge in [-0.25, -0.2) is 0 Å². The van der Waals surface area contributed by atoms with Gasteiger partial charge < -0.3 is 15.5 Å². The summed E-state index contributed by atoms with van der Waals surface area (Å²) in [6, 6.07) is 5.57. The number of hydrogen-bond acceptors (Lipinski definition) is 3. The Labute approximate surface area is 138 Å². The summed E-state index contributed by atoms with van der Waals surface area (Å²) in [7, 11) is 0. The summed E-state index contributed by atoms with van der Waals surface area (Å²) in [5.41, 5.74) is 2.48. The van der Waals surface area contributed by atoms with Gasteiger partial charge in [0, 0.05) is 30.9 Å². The molecule has 0 fully saturated rings. The SMILES string of the molecule is C=CCN(CC=C)C(=O)CNc1cccc(NC(=O)CC)c1C. The second-order valence-corrected chi connectivity index (χ2v) is 5.11. The molecule has 0 aliphatic heterocycles. The lowest BCUT2D eigenvalue weighted by Crippen LogP contribution is -2.35. The van der Waals surface area contributed by atoms with Crippen LogP contribution in [0.2, 0.25) is 0 Å². The van der Waals surface area contributed by atoms with Crippen LogP contribution in [0.1, 0.15) is 18.9 Å². The predicted octanol–water partition coefficient (Wildman–Crippen LogP) is 2.96. The molecule has 2 N–H and O–H groups in total. The maximum atomic E-state index is 12.2. The fraction of sp³-hybridized carbons (Fsp3) is 0.333. The molecule has 2 amide bonds. The quantitative estimate of drug-likeness (QED) is 0.689. The highest BCUT2D eigenvalue weighted by molar-refractivity contribution is 5.92. The van der Waals surface area contributed by atoms with E-state index in [1.165, 1.54) is 0 Å². The Morgan fingerprint density at radius 3 is 2.35 bits per heavy atom. The Bertz CT molecular complexity index is 572. The maximum Gasteiger partial charge on any atom is 0.242 e. The largest absolute Gasteiger partial charge is 0.376 e. The molecular weight excluding hydrogens is 290 g/mol. The lowest BCUT2D eigenvalue weighted by molar-refractivity contribution is -0.128. The summed E-state index contributed by atoms with van der Waals surface area (Å²) in [6.45, 7) is 12.2. The Balaban J connectivity index is 2.75. The van der Waals surface area contributed by atoms with Crippen molar-refractivity contribution in [3.05, 3.63) is 49.1 Å². The van der Waals surface area contributed by atoms with Gasteiger partial charge >= 0.3 is 0 Å². The van der Waals surface area contributed by atoms with Crippen LogP contribution in [0.4, 0.5) is 11.4 Å². The second kappa shape index (κ2) is 9.46. The fourth-order valence-corrected chi connectivity index (χ4v) is 2.07. The average molecular weight is 315 g/mol. The first-order chi connectivity index (χ1) is 11.0. The van der Waals surface area contributed by atoms with E-state index in [1.54, 1.807) is 24.0 Å². The molecule has 0 saturated carbocycles. The third kappa shape index (κ3) is 5.62. The number of hydrogen-bond donors (Lipinski definition) is 2. The van der Waals surface area contributed by atoms with E-state index in [2.05, 4.69) is 23.8 Å². The Kier molecular flexibility index (Phi) is 7.60. The molecule has 1 aromatic rings. The van der Waals surface area contributed by atoms with E-state index in [1.807, 2.05) is 25.1 Å². The minimum atomic E-state index is -0.0375. The molecular formula is C18H25N3O2. The molecule has 0 spiro atoms. The third-order valence-electron chi connectivity index (χ3n) is 3.41. The number of rotatable bonds is 9. The minimum absolute atomic E-state index is 0.0350. The number of anilines is 2. The van der Waals surface area contributed by atoms with Crippen molar-refractivity contribution < 1.29 is 9.59 Å². The second-order valence-electron chi connectivity index (χ2n) is 5.11. The molecule has 0 aromatic heterocycles. The van der Waals surface area contributed by atoms with Crippen LogP contribution in [0.25, 0.3) is 0 Å². The van der Waals surface area contributed by atoms with Crippen molar-refractivity contribution in [3.63, 3.8) is 0 Å². The lowest BCUT2D eigenvalue weighted by Gasteiger charge is -2.20. The zero-order valence-corrected chi connectivity index (χ0v) is 13.9. The van der Waals surface area contributed by atoms with Gasteiger partial charge in [0.15, 0.2) is 0 Å². The van der Waals surface area contributed by atoms with Crippen LogP contribution in [-0.4, -0.2) is 36.3 Å². The number of benzene rings is 1. The van der Waals surface area contributed by atoms with Crippen molar-refractivity contribution >= 4 is 23.2 Å². The van der Waals surface area contributed by atoms with Crippen LogP contribution in [0.5, 0.6) is 0 Å². The summed E-state index contributed by atoms with van der Waals surface area (Å²) in [5.74, 6) is -0.0725. The molecule has 0 atom stereocenters. The maximum absolute atomic E-state index is 12.2. The van der Waals surface area contributed by atoms with Gasteiger partial charge in [0.1, 0.15) is 0 Å². The van der Waals surface area contributed by atoms with E-state index in [-0.39, 0.29) is 18.4 Å². The van der Waals surface area contributed by atoms with E-state index < -0.39 is 0 Å². The first-order valence-corrected chi connectivity index (χ1v) is 7.66. The van der Waals surface area contributed by atoms with Crippen molar-refractivity contribution in [2.45, 2.75) is 20.3 Å². The van der Waals surface area contributed by atoms with Gasteiger partial charge in [0.05, 0.1) is 6.54 Å². The molecule has 0 aliphatic rings.